The van der Waals surface area contributed by atoms with E-state index in [1.54, 1.807) is 12.5 Å². The highest BCUT2D eigenvalue weighted by molar-refractivity contribution is 4.86. The number of imidazole rings is 1. The van der Waals surface area contributed by atoms with E-state index in [1.807, 2.05) is 16.8 Å². The van der Waals surface area contributed by atoms with E-state index in [0.29, 0.717) is 6.04 Å². The van der Waals surface area contributed by atoms with Crippen LogP contribution in [0.1, 0.15) is 13.0 Å². The normalized spacial score (nSPS) is 13.0. The number of aromatic nitrogens is 2. The Bertz CT molecular complexity index is 177. The van der Waals surface area contributed by atoms with Crippen molar-refractivity contribution in [1.82, 2.24) is 9.55 Å². The van der Waals surface area contributed by atoms with Gasteiger partial charge in [-0.25, -0.2) is 4.98 Å². The first kappa shape index (κ1) is 6.08. The van der Waals surface area contributed by atoms with Crippen molar-refractivity contribution in [2.45, 2.75) is 13.0 Å². The second-order valence-corrected chi connectivity index (χ2v) is 1.99. The molecule has 0 amide bonds. The summed E-state index contributed by atoms with van der Waals surface area (Å²) in [7, 11) is 0. The Kier molecular flexibility index (Phi) is 1.68. The van der Waals surface area contributed by atoms with Gasteiger partial charge in [-0.3, -0.25) is 0 Å². The zero-order valence-corrected chi connectivity index (χ0v) is 5.49. The molecule has 1 aromatic rings. The van der Waals surface area contributed by atoms with E-state index in [9.17, 15) is 0 Å². The number of rotatable bonds is 2. The highest BCUT2D eigenvalue weighted by atomic mass is 15.0. The maximum absolute atomic E-state index is 3.91. The molecule has 1 heterocycles. The molecule has 0 bridgehead atoms. The van der Waals surface area contributed by atoms with Gasteiger partial charge in [0.25, 0.3) is 0 Å². The molecule has 1 atom stereocenters. The molecule has 0 radical (unpaired) electrons. The number of hydrogen-bond acceptors (Lipinski definition) is 1. The quantitative estimate of drug-likeness (QED) is 0.545. The molecule has 0 saturated carbocycles. The lowest BCUT2D eigenvalue weighted by Gasteiger charge is -2.04. The van der Waals surface area contributed by atoms with Crippen molar-refractivity contribution in [2.75, 3.05) is 0 Å². The van der Waals surface area contributed by atoms with Crippen LogP contribution in [0.25, 0.3) is 0 Å². The Morgan fingerprint density at radius 1 is 1.78 bits per heavy atom. The molecule has 0 N–H and O–H groups in total. The van der Waals surface area contributed by atoms with Crippen molar-refractivity contribution in [1.29, 1.82) is 0 Å². The third-order valence-corrected chi connectivity index (χ3v) is 1.34. The molecule has 9 heavy (non-hydrogen) atoms. The summed E-state index contributed by atoms with van der Waals surface area (Å²) in [5.74, 6) is 0. The van der Waals surface area contributed by atoms with Gasteiger partial charge in [0.05, 0.1) is 6.33 Å². The average Bonchev–Trinajstić information content (AvgIpc) is 2.37. The molecule has 0 aliphatic carbocycles. The van der Waals surface area contributed by atoms with Crippen LogP contribution >= 0.6 is 0 Å². The molecule has 0 spiro atoms. The van der Waals surface area contributed by atoms with Crippen LogP contribution in [0, 0.1) is 0 Å². The molecule has 1 aromatic heterocycles. The van der Waals surface area contributed by atoms with Crippen LogP contribution in [0.15, 0.2) is 31.4 Å². The topological polar surface area (TPSA) is 17.8 Å². The highest BCUT2D eigenvalue weighted by Gasteiger charge is 1.93. The zero-order chi connectivity index (χ0) is 6.69. The molecular weight excluding hydrogens is 112 g/mol. The Morgan fingerprint density at radius 3 is 3.00 bits per heavy atom. The van der Waals surface area contributed by atoms with E-state index in [0.717, 1.165) is 0 Å². The van der Waals surface area contributed by atoms with Gasteiger partial charge in [0.1, 0.15) is 0 Å². The molecule has 0 fully saturated rings. The van der Waals surface area contributed by atoms with E-state index in [1.165, 1.54) is 0 Å². The largest absolute Gasteiger partial charge is 0.331 e. The molecular formula is C7H10N2. The number of nitrogens with zero attached hydrogens (tertiary/aromatic N) is 2. The predicted octanol–water partition coefficient (Wildman–Crippen LogP) is 1.63. The third kappa shape index (κ3) is 1.19. The van der Waals surface area contributed by atoms with Crippen molar-refractivity contribution in [2.24, 2.45) is 0 Å². The number of allylic oxidation sites excluding steroid dienone is 1. The van der Waals surface area contributed by atoms with Crippen LogP contribution in [0.5, 0.6) is 0 Å². The van der Waals surface area contributed by atoms with Crippen LogP contribution in [0.2, 0.25) is 0 Å². The fraction of sp³-hybridized carbons (Fsp3) is 0.286. The Labute approximate surface area is 54.8 Å². The first-order valence-electron chi connectivity index (χ1n) is 2.94. The fourth-order valence-corrected chi connectivity index (χ4v) is 0.632. The van der Waals surface area contributed by atoms with E-state index < -0.39 is 0 Å². The van der Waals surface area contributed by atoms with Gasteiger partial charge >= 0.3 is 0 Å². The van der Waals surface area contributed by atoms with Gasteiger partial charge in [-0.15, -0.1) is 6.58 Å². The second-order valence-electron chi connectivity index (χ2n) is 1.99. The second kappa shape index (κ2) is 2.49. The molecule has 0 aromatic carbocycles. The monoisotopic (exact) mass is 122 g/mol. The summed E-state index contributed by atoms with van der Waals surface area (Å²) in [6.45, 7) is 5.73. The van der Waals surface area contributed by atoms with Crippen LogP contribution in [-0.4, -0.2) is 9.55 Å². The van der Waals surface area contributed by atoms with Crippen molar-refractivity contribution in [3.63, 3.8) is 0 Å². The van der Waals surface area contributed by atoms with Crippen molar-refractivity contribution >= 4 is 0 Å². The fourth-order valence-electron chi connectivity index (χ4n) is 0.632. The molecule has 48 valence electrons. The molecule has 2 nitrogen and oxygen atoms in total. The van der Waals surface area contributed by atoms with Gasteiger partial charge in [0.15, 0.2) is 0 Å². The molecule has 0 aliphatic heterocycles. The molecule has 0 saturated heterocycles. The average molecular weight is 122 g/mol. The van der Waals surface area contributed by atoms with Crippen LogP contribution in [0.4, 0.5) is 0 Å². The van der Waals surface area contributed by atoms with Gasteiger partial charge in [-0.05, 0) is 6.92 Å². The van der Waals surface area contributed by atoms with Gasteiger partial charge in [0.2, 0.25) is 0 Å². The number of hydrogen-bond donors (Lipinski definition) is 0. The molecule has 1 rings (SSSR count). The van der Waals surface area contributed by atoms with E-state index >= 15 is 0 Å². The first-order chi connectivity index (χ1) is 4.34. The van der Waals surface area contributed by atoms with E-state index in [4.69, 9.17) is 0 Å². The minimum absolute atomic E-state index is 0.354. The molecule has 0 aliphatic rings. The molecule has 0 unspecified atom stereocenters. The van der Waals surface area contributed by atoms with Gasteiger partial charge < -0.3 is 4.57 Å². The van der Waals surface area contributed by atoms with Gasteiger partial charge in [0, 0.05) is 18.4 Å². The third-order valence-electron chi connectivity index (χ3n) is 1.34. The van der Waals surface area contributed by atoms with Crippen LogP contribution in [0.3, 0.4) is 0 Å². The lowest BCUT2D eigenvalue weighted by Crippen LogP contribution is -1.96. The lowest BCUT2D eigenvalue weighted by molar-refractivity contribution is 0.661. The van der Waals surface area contributed by atoms with E-state index in [-0.39, 0.29) is 0 Å². The zero-order valence-electron chi connectivity index (χ0n) is 5.49. The van der Waals surface area contributed by atoms with Crippen molar-refractivity contribution in [3.8, 4) is 0 Å². The minimum atomic E-state index is 0.354. The van der Waals surface area contributed by atoms with Crippen LogP contribution < -0.4 is 0 Å². The minimum Gasteiger partial charge on any atom is -0.331 e. The first-order valence-corrected chi connectivity index (χ1v) is 2.94. The molecule has 2 heteroatoms. The summed E-state index contributed by atoms with van der Waals surface area (Å²) < 4.78 is 1.99. The Morgan fingerprint density at radius 2 is 2.56 bits per heavy atom. The lowest BCUT2D eigenvalue weighted by atomic mass is 10.3. The standard InChI is InChI=1S/C7H10N2/c1-3-7(2)9-5-4-8-6-9/h3-7H,1H2,2H3/t7-/m0/s1. The van der Waals surface area contributed by atoms with Crippen LogP contribution in [-0.2, 0) is 0 Å². The predicted molar refractivity (Wildman–Crippen MR) is 37.1 cm³/mol. The summed E-state index contributed by atoms with van der Waals surface area (Å²) in [5, 5.41) is 0. The Hall–Kier alpha value is -1.05. The summed E-state index contributed by atoms with van der Waals surface area (Å²) in [4.78, 5) is 3.91. The SMILES string of the molecule is C=C[C@H](C)n1ccnc1. The Balaban J connectivity index is 2.76. The maximum atomic E-state index is 3.91. The summed E-state index contributed by atoms with van der Waals surface area (Å²) >= 11 is 0. The maximum Gasteiger partial charge on any atom is 0.0951 e. The van der Waals surface area contributed by atoms with Crippen molar-refractivity contribution < 1.29 is 0 Å². The van der Waals surface area contributed by atoms with Gasteiger partial charge in [-0.1, -0.05) is 6.08 Å². The van der Waals surface area contributed by atoms with Crippen molar-refractivity contribution in [3.05, 3.63) is 31.4 Å². The van der Waals surface area contributed by atoms with E-state index in [2.05, 4.69) is 18.5 Å². The smallest absolute Gasteiger partial charge is 0.0951 e. The van der Waals surface area contributed by atoms with Gasteiger partial charge in [-0.2, -0.15) is 0 Å². The summed E-state index contributed by atoms with van der Waals surface area (Å²) in [6, 6.07) is 0.354. The summed E-state index contributed by atoms with van der Waals surface area (Å²) in [6.07, 6.45) is 7.35. The summed E-state index contributed by atoms with van der Waals surface area (Å²) in [5.41, 5.74) is 0. The highest BCUT2D eigenvalue weighted by Crippen LogP contribution is 2.03.